The first-order valence-electron chi connectivity index (χ1n) is 5.27. The van der Waals surface area contributed by atoms with Crippen LogP contribution in [0, 0.1) is 0 Å². The third-order valence-electron chi connectivity index (χ3n) is 2.54. The van der Waals surface area contributed by atoms with Gasteiger partial charge in [0.1, 0.15) is 5.76 Å². The van der Waals surface area contributed by atoms with E-state index in [1.807, 2.05) is 24.3 Å². The number of halogens is 2. The van der Waals surface area contributed by atoms with Crippen LogP contribution in [0.15, 0.2) is 34.7 Å². The van der Waals surface area contributed by atoms with Crippen LogP contribution in [-0.4, -0.2) is 14.2 Å². The van der Waals surface area contributed by atoms with E-state index in [-0.39, 0.29) is 4.83 Å². The SMILES string of the molecule is COc1ccc(C(Br)c2ccc(Cl)o2)cc1OC. The van der Waals surface area contributed by atoms with Crippen LogP contribution >= 0.6 is 27.5 Å². The maximum atomic E-state index is 5.77. The Labute approximate surface area is 119 Å². The van der Waals surface area contributed by atoms with E-state index in [4.69, 9.17) is 25.5 Å². The fourth-order valence-electron chi connectivity index (χ4n) is 1.64. The molecular weight excluding hydrogens is 319 g/mol. The Kier molecular flexibility index (Phi) is 4.19. The summed E-state index contributed by atoms with van der Waals surface area (Å²) in [5, 5.41) is 0.370. The average molecular weight is 332 g/mol. The van der Waals surface area contributed by atoms with Crippen molar-refractivity contribution in [3.8, 4) is 11.5 Å². The molecule has 1 aromatic heterocycles. The van der Waals surface area contributed by atoms with Gasteiger partial charge in [0, 0.05) is 0 Å². The molecule has 2 aromatic rings. The first-order chi connectivity index (χ1) is 8.65. The molecular formula is C13H12BrClO3. The summed E-state index contributed by atoms with van der Waals surface area (Å²) in [6.45, 7) is 0. The molecule has 0 spiro atoms. The number of rotatable bonds is 4. The molecule has 0 aliphatic heterocycles. The quantitative estimate of drug-likeness (QED) is 0.777. The molecule has 0 saturated carbocycles. The van der Waals surface area contributed by atoms with Gasteiger partial charge in [0.15, 0.2) is 16.7 Å². The van der Waals surface area contributed by atoms with Crippen LogP contribution in [0.4, 0.5) is 0 Å². The van der Waals surface area contributed by atoms with E-state index in [0.29, 0.717) is 16.7 Å². The van der Waals surface area contributed by atoms with Gasteiger partial charge < -0.3 is 13.9 Å². The maximum Gasteiger partial charge on any atom is 0.193 e. The summed E-state index contributed by atoms with van der Waals surface area (Å²) >= 11 is 9.33. The van der Waals surface area contributed by atoms with Crippen LogP contribution in [0.1, 0.15) is 16.2 Å². The molecule has 96 valence electrons. The summed E-state index contributed by atoms with van der Waals surface area (Å²) in [6.07, 6.45) is 0. The minimum Gasteiger partial charge on any atom is -0.493 e. The van der Waals surface area contributed by atoms with Gasteiger partial charge in [-0.15, -0.1) is 0 Å². The van der Waals surface area contributed by atoms with Gasteiger partial charge in [-0.25, -0.2) is 0 Å². The van der Waals surface area contributed by atoms with Crippen molar-refractivity contribution < 1.29 is 13.9 Å². The lowest BCUT2D eigenvalue weighted by molar-refractivity contribution is 0.354. The number of hydrogen-bond donors (Lipinski definition) is 0. The monoisotopic (exact) mass is 330 g/mol. The largest absolute Gasteiger partial charge is 0.493 e. The lowest BCUT2D eigenvalue weighted by atomic mass is 10.1. The molecule has 0 radical (unpaired) electrons. The average Bonchev–Trinajstić information content (AvgIpc) is 2.83. The van der Waals surface area contributed by atoms with Crippen molar-refractivity contribution in [2.45, 2.75) is 4.83 Å². The van der Waals surface area contributed by atoms with E-state index >= 15 is 0 Å². The topological polar surface area (TPSA) is 31.6 Å². The number of benzene rings is 1. The Morgan fingerprint density at radius 1 is 1.11 bits per heavy atom. The Hall–Kier alpha value is -1.13. The highest BCUT2D eigenvalue weighted by Crippen LogP contribution is 2.37. The highest BCUT2D eigenvalue weighted by molar-refractivity contribution is 9.09. The molecule has 1 heterocycles. The molecule has 0 N–H and O–H groups in total. The van der Waals surface area contributed by atoms with Gasteiger partial charge in [-0.3, -0.25) is 0 Å². The molecule has 0 fully saturated rings. The zero-order valence-corrected chi connectivity index (χ0v) is 12.3. The summed E-state index contributed by atoms with van der Waals surface area (Å²) in [5.74, 6) is 2.11. The van der Waals surface area contributed by atoms with Crippen molar-refractivity contribution in [1.82, 2.24) is 0 Å². The summed E-state index contributed by atoms with van der Waals surface area (Å²) in [7, 11) is 3.21. The Bertz CT molecular complexity index is 539. The van der Waals surface area contributed by atoms with Crippen LogP contribution in [0.25, 0.3) is 0 Å². The van der Waals surface area contributed by atoms with Crippen molar-refractivity contribution in [1.29, 1.82) is 0 Å². The van der Waals surface area contributed by atoms with Gasteiger partial charge in [-0.1, -0.05) is 22.0 Å². The second-order valence-corrected chi connectivity index (χ2v) is 4.91. The zero-order chi connectivity index (χ0) is 13.1. The first-order valence-corrected chi connectivity index (χ1v) is 6.56. The maximum absolute atomic E-state index is 5.77. The summed E-state index contributed by atoms with van der Waals surface area (Å²) in [5.41, 5.74) is 0.999. The fraction of sp³-hybridized carbons (Fsp3) is 0.231. The van der Waals surface area contributed by atoms with Crippen LogP contribution in [0.2, 0.25) is 5.22 Å². The first kappa shape index (κ1) is 13.3. The van der Waals surface area contributed by atoms with Gasteiger partial charge in [0.05, 0.1) is 19.0 Å². The number of hydrogen-bond acceptors (Lipinski definition) is 3. The molecule has 0 aliphatic carbocycles. The normalized spacial score (nSPS) is 12.2. The summed E-state index contributed by atoms with van der Waals surface area (Å²) in [4.78, 5) is -0.0789. The zero-order valence-electron chi connectivity index (χ0n) is 9.94. The minimum atomic E-state index is -0.0789. The van der Waals surface area contributed by atoms with Gasteiger partial charge in [0.25, 0.3) is 0 Å². The number of methoxy groups -OCH3 is 2. The van der Waals surface area contributed by atoms with Gasteiger partial charge in [-0.2, -0.15) is 0 Å². The molecule has 2 rings (SSSR count). The fourth-order valence-corrected chi connectivity index (χ4v) is 2.32. The van der Waals surface area contributed by atoms with Crippen molar-refractivity contribution >= 4 is 27.5 Å². The van der Waals surface area contributed by atoms with E-state index < -0.39 is 0 Å². The summed E-state index contributed by atoms with van der Waals surface area (Å²) < 4.78 is 15.8. The van der Waals surface area contributed by atoms with Gasteiger partial charge in [-0.05, 0) is 41.4 Å². The Balaban J connectivity index is 2.33. The van der Waals surface area contributed by atoms with E-state index in [2.05, 4.69) is 15.9 Å². The van der Waals surface area contributed by atoms with Crippen molar-refractivity contribution in [2.24, 2.45) is 0 Å². The molecule has 5 heteroatoms. The van der Waals surface area contributed by atoms with Gasteiger partial charge >= 0.3 is 0 Å². The number of furan rings is 1. The third-order valence-corrected chi connectivity index (χ3v) is 3.73. The van der Waals surface area contributed by atoms with Crippen LogP contribution in [-0.2, 0) is 0 Å². The standard InChI is InChI=1S/C13H12BrClO3/c1-16-9-4-3-8(7-11(9)17-2)13(14)10-5-6-12(15)18-10/h3-7,13H,1-2H3. The smallest absolute Gasteiger partial charge is 0.193 e. The van der Waals surface area contributed by atoms with Crippen molar-refractivity contribution in [2.75, 3.05) is 14.2 Å². The van der Waals surface area contributed by atoms with Gasteiger partial charge in [0.2, 0.25) is 0 Å². The molecule has 3 nitrogen and oxygen atoms in total. The molecule has 0 aliphatic rings. The number of alkyl halides is 1. The minimum absolute atomic E-state index is 0.0789. The molecule has 1 unspecified atom stereocenters. The second kappa shape index (κ2) is 5.67. The number of ether oxygens (including phenoxy) is 2. The predicted octanol–water partition coefficient (Wildman–Crippen LogP) is 4.43. The molecule has 0 saturated heterocycles. The van der Waals surface area contributed by atoms with E-state index in [9.17, 15) is 0 Å². The highest BCUT2D eigenvalue weighted by Gasteiger charge is 2.16. The predicted molar refractivity (Wildman–Crippen MR) is 74.0 cm³/mol. The van der Waals surface area contributed by atoms with E-state index in [0.717, 1.165) is 11.3 Å². The lowest BCUT2D eigenvalue weighted by Crippen LogP contribution is -1.95. The molecule has 1 aromatic carbocycles. The summed E-state index contributed by atoms with van der Waals surface area (Å²) in [6, 6.07) is 9.24. The Morgan fingerprint density at radius 2 is 1.83 bits per heavy atom. The van der Waals surface area contributed by atoms with Crippen molar-refractivity contribution in [3.05, 3.63) is 46.9 Å². The molecule has 0 bridgehead atoms. The molecule has 18 heavy (non-hydrogen) atoms. The van der Waals surface area contributed by atoms with E-state index in [1.165, 1.54) is 0 Å². The second-order valence-electron chi connectivity index (χ2n) is 3.62. The highest BCUT2D eigenvalue weighted by atomic mass is 79.9. The Morgan fingerprint density at radius 3 is 2.39 bits per heavy atom. The van der Waals surface area contributed by atoms with Crippen LogP contribution < -0.4 is 9.47 Å². The van der Waals surface area contributed by atoms with Crippen LogP contribution in [0.3, 0.4) is 0 Å². The van der Waals surface area contributed by atoms with E-state index in [1.54, 1.807) is 20.3 Å². The van der Waals surface area contributed by atoms with Crippen molar-refractivity contribution in [3.63, 3.8) is 0 Å². The van der Waals surface area contributed by atoms with Crippen LogP contribution in [0.5, 0.6) is 11.5 Å². The molecule has 0 amide bonds. The lowest BCUT2D eigenvalue weighted by Gasteiger charge is -2.12. The third kappa shape index (κ3) is 2.65. The molecule has 1 atom stereocenters.